The van der Waals surface area contributed by atoms with Gasteiger partial charge in [0.1, 0.15) is 0 Å². The van der Waals surface area contributed by atoms with Gasteiger partial charge in [0.15, 0.2) is 25.5 Å². The van der Waals surface area contributed by atoms with Crippen molar-refractivity contribution in [2.75, 3.05) is 12.5 Å². The molecule has 2 aromatic heterocycles. The van der Waals surface area contributed by atoms with E-state index in [9.17, 15) is 21.6 Å². The summed E-state index contributed by atoms with van der Waals surface area (Å²) in [4.78, 5) is 22.9. The third-order valence-electron chi connectivity index (χ3n) is 5.72. The zero-order valence-electron chi connectivity index (χ0n) is 19.7. The second-order valence-electron chi connectivity index (χ2n) is 8.51. The van der Waals surface area contributed by atoms with E-state index in [1.54, 1.807) is 85.2 Å². The third kappa shape index (κ3) is 5.92. The molecule has 0 amide bonds. The molecule has 0 unspecified atom stereocenters. The van der Waals surface area contributed by atoms with Crippen LogP contribution in [0.15, 0.2) is 95.0 Å². The van der Waals surface area contributed by atoms with Crippen LogP contribution in [0.5, 0.6) is 0 Å². The second-order valence-corrected chi connectivity index (χ2v) is 12.5. The minimum atomic E-state index is -3.30. The van der Waals surface area contributed by atoms with E-state index in [1.165, 1.54) is 0 Å². The smallest absolute Gasteiger partial charge is 0.196 e. The number of nitrogens with zero attached hydrogens (tertiary/aromatic N) is 2. The fourth-order valence-corrected chi connectivity index (χ4v) is 5.07. The van der Waals surface area contributed by atoms with E-state index in [-0.39, 0.29) is 15.6 Å². The van der Waals surface area contributed by atoms with Crippen LogP contribution in [0.4, 0.5) is 0 Å². The lowest BCUT2D eigenvalue weighted by atomic mass is 9.95. The van der Waals surface area contributed by atoms with E-state index in [0.29, 0.717) is 35.4 Å². The summed E-state index contributed by atoms with van der Waals surface area (Å²) in [6, 6.07) is 19.9. The summed E-state index contributed by atoms with van der Waals surface area (Å²) < 4.78 is 46.9. The monoisotopic (exact) mass is 520 g/mol. The molecule has 0 saturated carbocycles. The maximum absolute atomic E-state index is 13.6. The van der Waals surface area contributed by atoms with Crippen molar-refractivity contribution in [2.24, 2.45) is 0 Å². The van der Waals surface area contributed by atoms with Crippen molar-refractivity contribution in [3.05, 3.63) is 119 Å². The van der Waals surface area contributed by atoms with Crippen LogP contribution in [0.3, 0.4) is 0 Å². The van der Waals surface area contributed by atoms with Gasteiger partial charge in [0.05, 0.1) is 21.2 Å². The molecular weight excluding hydrogens is 496 g/mol. The molecule has 0 aliphatic heterocycles. The first-order chi connectivity index (χ1) is 17.0. The van der Waals surface area contributed by atoms with Gasteiger partial charge in [-0.2, -0.15) is 0 Å². The molecule has 36 heavy (non-hydrogen) atoms. The maximum Gasteiger partial charge on any atom is 0.196 e. The topological polar surface area (TPSA) is 111 Å². The Labute approximate surface area is 210 Å². The van der Waals surface area contributed by atoms with Gasteiger partial charge in [0.25, 0.3) is 0 Å². The minimum absolute atomic E-state index is 0.221. The van der Waals surface area contributed by atoms with Gasteiger partial charge in [0, 0.05) is 48.9 Å². The van der Waals surface area contributed by atoms with Crippen molar-refractivity contribution in [3.63, 3.8) is 0 Å². The largest absolute Gasteiger partial charge is 0.288 e. The van der Waals surface area contributed by atoms with E-state index < -0.39 is 19.7 Å². The molecule has 0 N–H and O–H groups in total. The first kappa shape index (κ1) is 25.4. The number of pyridine rings is 2. The van der Waals surface area contributed by atoms with Crippen molar-refractivity contribution >= 4 is 25.5 Å². The highest BCUT2D eigenvalue weighted by molar-refractivity contribution is 7.91. The Morgan fingerprint density at radius 2 is 0.972 bits per heavy atom. The number of ketones is 1. The fraction of sp³-hybridized carbons (Fsp3) is 0.148. The SMILES string of the molecule is CS(=O)(=O)c1ccc(Cc2ncccc2C(=O)c2cccnc2Cc2ccc(S(C)(=O)=O)cc2)cc1. The molecule has 0 atom stereocenters. The number of hydrogen-bond donors (Lipinski definition) is 0. The number of carbonyl (C=O) groups is 1. The molecule has 7 nitrogen and oxygen atoms in total. The minimum Gasteiger partial charge on any atom is -0.288 e. The van der Waals surface area contributed by atoms with Crippen molar-refractivity contribution in [3.8, 4) is 0 Å². The molecule has 2 aromatic carbocycles. The molecule has 0 saturated heterocycles. The van der Waals surface area contributed by atoms with Gasteiger partial charge >= 0.3 is 0 Å². The number of hydrogen-bond acceptors (Lipinski definition) is 7. The summed E-state index contributed by atoms with van der Waals surface area (Å²) in [6.45, 7) is 0. The van der Waals surface area contributed by atoms with Gasteiger partial charge in [-0.3, -0.25) is 14.8 Å². The van der Waals surface area contributed by atoms with Crippen LogP contribution in [-0.4, -0.2) is 45.1 Å². The van der Waals surface area contributed by atoms with Crippen molar-refractivity contribution in [1.82, 2.24) is 9.97 Å². The molecule has 0 bridgehead atoms. The van der Waals surface area contributed by atoms with Gasteiger partial charge in [-0.05, 0) is 59.7 Å². The van der Waals surface area contributed by atoms with Crippen LogP contribution in [0, 0.1) is 0 Å². The van der Waals surface area contributed by atoms with Gasteiger partial charge in [-0.15, -0.1) is 0 Å². The molecule has 9 heteroatoms. The van der Waals surface area contributed by atoms with Gasteiger partial charge < -0.3 is 0 Å². The van der Waals surface area contributed by atoms with Crippen LogP contribution < -0.4 is 0 Å². The Hall–Kier alpha value is -3.69. The van der Waals surface area contributed by atoms with E-state index in [0.717, 1.165) is 23.6 Å². The predicted octanol–water partition coefficient (Wildman–Crippen LogP) is 3.70. The van der Waals surface area contributed by atoms with E-state index >= 15 is 0 Å². The van der Waals surface area contributed by atoms with Crippen LogP contribution in [0.2, 0.25) is 0 Å². The van der Waals surface area contributed by atoms with E-state index in [4.69, 9.17) is 0 Å². The summed E-state index contributed by atoms with van der Waals surface area (Å²) in [5.74, 6) is -0.221. The molecule has 2 heterocycles. The van der Waals surface area contributed by atoms with E-state index in [2.05, 4.69) is 9.97 Å². The van der Waals surface area contributed by atoms with Crippen LogP contribution in [-0.2, 0) is 32.5 Å². The molecule has 0 fully saturated rings. The van der Waals surface area contributed by atoms with Crippen molar-refractivity contribution in [2.45, 2.75) is 22.6 Å². The van der Waals surface area contributed by atoms with Crippen LogP contribution in [0.1, 0.15) is 38.4 Å². The standard InChI is InChI=1S/C27H24N2O5S2/c1-35(31,32)21-11-7-19(8-12-21)17-25-23(5-3-15-28-25)27(30)24-6-4-16-29-26(24)18-20-9-13-22(14-10-20)36(2,33)34/h3-16H,17-18H2,1-2H3. The lowest BCUT2D eigenvalue weighted by Gasteiger charge is -2.11. The summed E-state index contributed by atoms with van der Waals surface area (Å²) in [5, 5.41) is 0. The zero-order valence-corrected chi connectivity index (χ0v) is 21.4. The molecule has 0 aliphatic rings. The first-order valence-electron chi connectivity index (χ1n) is 11.0. The number of aromatic nitrogens is 2. The molecule has 0 spiro atoms. The Balaban J connectivity index is 1.62. The van der Waals surface area contributed by atoms with Crippen molar-refractivity contribution < 1.29 is 21.6 Å². The van der Waals surface area contributed by atoms with Crippen LogP contribution >= 0.6 is 0 Å². The molecule has 184 valence electrons. The number of rotatable bonds is 8. The summed E-state index contributed by atoms with van der Waals surface area (Å²) in [5.41, 5.74) is 3.67. The molecule has 0 radical (unpaired) electrons. The van der Waals surface area contributed by atoms with Crippen molar-refractivity contribution in [1.29, 1.82) is 0 Å². The number of carbonyl (C=O) groups excluding carboxylic acids is 1. The maximum atomic E-state index is 13.6. The molecular formula is C27H24N2O5S2. The van der Waals surface area contributed by atoms with E-state index in [1.807, 2.05) is 0 Å². The highest BCUT2D eigenvalue weighted by Crippen LogP contribution is 2.21. The highest BCUT2D eigenvalue weighted by Gasteiger charge is 2.19. The third-order valence-corrected chi connectivity index (χ3v) is 7.97. The summed E-state index contributed by atoms with van der Waals surface area (Å²) >= 11 is 0. The Bertz CT molecular complexity index is 1510. The average molecular weight is 521 g/mol. The first-order valence-corrected chi connectivity index (χ1v) is 14.8. The van der Waals surface area contributed by atoms with Gasteiger partial charge in [0.2, 0.25) is 0 Å². The van der Waals surface area contributed by atoms with Crippen LogP contribution in [0.25, 0.3) is 0 Å². The fourth-order valence-electron chi connectivity index (χ4n) is 3.81. The predicted molar refractivity (Wildman–Crippen MR) is 137 cm³/mol. The van der Waals surface area contributed by atoms with Gasteiger partial charge in [-0.25, -0.2) is 16.8 Å². The summed E-state index contributed by atoms with van der Waals surface area (Å²) in [7, 11) is -6.59. The second kappa shape index (κ2) is 10.1. The Morgan fingerprint density at radius 3 is 1.31 bits per heavy atom. The highest BCUT2D eigenvalue weighted by atomic mass is 32.2. The number of benzene rings is 2. The zero-order chi connectivity index (χ0) is 25.9. The average Bonchev–Trinajstić information content (AvgIpc) is 2.84. The molecule has 4 rings (SSSR count). The lowest BCUT2D eigenvalue weighted by Crippen LogP contribution is -2.11. The quantitative estimate of drug-likeness (QED) is 0.326. The lowest BCUT2D eigenvalue weighted by molar-refractivity contribution is 0.103. The summed E-state index contributed by atoms with van der Waals surface area (Å²) in [6.07, 6.45) is 6.25. The Morgan fingerprint density at radius 1 is 0.611 bits per heavy atom. The Kier molecular flexibility index (Phi) is 7.14. The molecule has 4 aromatic rings. The van der Waals surface area contributed by atoms with Gasteiger partial charge in [-0.1, -0.05) is 24.3 Å². The molecule has 0 aliphatic carbocycles. The normalized spacial score (nSPS) is 11.8. The number of sulfone groups is 2.